The van der Waals surface area contributed by atoms with Gasteiger partial charge in [-0.1, -0.05) is 0 Å². The molecule has 3 N–H and O–H groups in total. The van der Waals surface area contributed by atoms with Crippen LogP contribution >= 0.6 is 0 Å². The molecule has 1 atom stereocenters. The zero-order valence-corrected chi connectivity index (χ0v) is 11.5. The largest absolute Gasteiger partial charge is 0.328 e. The van der Waals surface area contributed by atoms with Gasteiger partial charge in [0.2, 0.25) is 0 Å². The molecule has 1 amide bonds. The van der Waals surface area contributed by atoms with Gasteiger partial charge in [0.1, 0.15) is 32.0 Å². The van der Waals surface area contributed by atoms with Crippen molar-refractivity contribution in [2.24, 2.45) is 0 Å². The first kappa shape index (κ1) is 14.0. The normalized spacial score (nSPS) is 24.8. The highest BCUT2D eigenvalue weighted by atomic mass is 19.1. The molecule has 104 valence electrons. The van der Waals surface area contributed by atoms with E-state index in [0.29, 0.717) is 5.69 Å². The number of carbonyl (C=O) groups is 1. The molecule has 1 saturated heterocycles. The maximum absolute atomic E-state index is 12.8. The van der Waals surface area contributed by atoms with E-state index in [0.717, 1.165) is 26.2 Å². The number of hydrogen-bond donors (Lipinski definition) is 3. The van der Waals surface area contributed by atoms with Crippen LogP contribution in [0.1, 0.15) is 6.92 Å². The first-order valence-electron chi connectivity index (χ1n) is 6.78. The van der Waals surface area contributed by atoms with Crippen molar-refractivity contribution < 1.29 is 19.0 Å². The maximum atomic E-state index is 12.8. The summed E-state index contributed by atoms with van der Waals surface area (Å²) >= 11 is 0. The van der Waals surface area contributed by atoms with E-state index in [1.54, 1.807) is 12.1 Å². The molecule has 5 heteroatoms. The lowest BCUT2D eigenvalue weighted by molar-refractivity contribution is -1.01. The lowest BCUT2D eigenvalue weighted by Gasteiger charge is -2.30. The Morgan fingerprint density at radius 2 is 1.79 bits per heavy atom. The average molecular weight is 267 g/mol. The van der Waals surface area contributed by atoms with Crippen LogP contribution in [0.15, 0.2) is 24.3 Å². The number of anilines is 1. The van der Waals surface area contributed by atoms with Gasteiger partial charge in [-0.15, -0.1) is 0 Å². The monoisotopic (exact) mass is 267 g/mol. The lowest BCUT2D eigenvalue weighted by Crippen LogP contribution is -3.29. The smallest absolute Gasteiger partial charge is 0.282 e. The second kappa shape index (κ2) is 6.12. The first-order chi connectivity index (χ1) is 9.06. The molecule has 1 aromatic carbocycles. The van der Waals surface area contributed by atoms with Crippen molar-refractivity contribution >= 4 is 11.6 Å². The molecule has 19 heavy (non-hydrogen) atoms. The highest BCUT2D eigenvalue weighted by Crippen LogP contribution is 2.08. The number of nitrogens with one attached hydrogen (secondary N) is 3. The van der Waals surface area contributed by atoms with E-state index in [2.05, 4.69) is 12.4 Å². The highest BCUT2D eigenvalue weighted by Gasteiger charge is 2.29. The van der Waals surface area contributed by atoms with E-state index in [1.165, 1.54) is 21.9 Å². The Bertz CT molecular complexity index is 427. The van der Waals surface area contributed by atoms with E-state index in [1.807, 2.05) is 6.92 Å². The molecule has 0 unspecified atom stereocenters. The highest BCUT2D eigenvalue weighted by molar-refractivity contribution is 5.93. The van der Waals surface area contributed by atoms with Crippen LogP contribution in [0.4, 0.5) is 10.1 Å². The van der Waals surface area contributed by atoms with E-state index in [-0.39, 0.29) is 17.8 Å². The molecule has 0 aromatic heterocycles. The van der Waals surface area contributed by atoms with Gasteiger partial charge < -0.3 is 15.1 Å². The van der Waals surface area contributed by atoms with Crippen molar-refractivity contribution in [2.75, 3.05) is 38.5 Å². The van der Waals surface area contributed by atoms with Gasteiger partial charge in [0.25, 0.3) is 5.91 Å². The molecule has 0 aliphatic carbocycles. The molecule has 2 rings (SSSR count). The lowest BCUT2D eigenvalue weighted by atomic mass is 10.2. The van der Waals surface area contributed by atoms with Crippen LogP contribution < -0.4 is 15.1 Å². The quantitative estimate of drug-likeness (QED) is 0.617. The second-order valence-electron chi connectivity index (χ2n) is 5.33. The predicted octanol–water partition coefficient (Wildman–Crippen LogP) is -1.43. The number of hydrogen-bond acceptors (Lipinski definition) is 1. The van der Waals surface area contributed by atoms with Crippen LogP contribution in [-0.4, -0.2) is 45.2 Å². The molecule has 0 spiro atoms. The van der Waals surface area contributed by atoms with Crippen molar-refractivity contribution in [3.05, 3.63) is 30.1 Å². The van der Waals surface area contributed by atoms with Crippen molar-refractivity contribution in [3.8, 4) is 0 Å². The third kappa shape index (κ3) is 3.75. The van der Waals surface area contributed by atoms with E-state index in [9.17, 15) is 9.18 Å². The minimum absolute atomic E-state index is 0.00108. The molecule has 1 heterocycles. The SMILES string of the molecule is C[C@H](C(=O)Nc1ccc(F)cc1)[NH+]1CC[NH+](C)CC1. The first-order valence-corrected chi connectivity index (χ1v) is 6.78. The van der Waals surface area contributed by atoms with Gasteiger partial charge in [-0.3, -0.25) is 4.79 Å². The summed E-state index contributed by atoms with van der Waals surface area (Å²) in [5, 5.41) is 2.84. The predicted molar refractivity (Wildman–Crippen MR) is 71.8 cm³/mol. The standard InChI is InChI=1S/C14H20FN3O/c1-11(18-9-7-17(2)8-10-18)14(19)16-13-5-3-12(15)4-6-13/h3-6,11H,7-10H2,1-2H3,(H,16,19)/p+2/t11-/m1/s1. The van der Waals surface area contributed by atoms with Gasteiger partial charge in [0, 0.05) is 5.69 Å². The van der Waals surface area contributed by atoms with Crippen molar-refractivity contribution in [1.29, 1.82) is 0 Å². The topological polar surface area (TPSA) is 38.0 Å². The van der Waals surface area contributed by atoms with Crippen LogP contribution in [-0.2, 0) is 4.79 Å². The number of likely N-dealkylation sites (N-methyl/N-ethyl adjacent to an activating group) is 1. The molecular formula is C14H22FN3O+2. The molecule has 4 nitrogen and oxygen atoms in total. The Morgan fingerprint density at radius 3 is 2.37 bits per heavy atom. The summed E-state index contributed by atoms with van der Waals surface area (Å²) in [4.78, 5) is 15.0. The zero-order valence-electron chi connectivity index (χ0n) is 11.5. The molecule has 0 bridgehead atoms. The van der Waals surface area contributed by atoms with E-state index < -0.39 is 0 Å². The minimum atomic E-state index is -0.293. The van der Waals surface area contributed by atoms with Crippen LogP contribution in [0.5, 0.6) is 0 Å². The second-order valence-corrected chi connectivity index (χ2v) is 5.33. The molecule has 0 saturated carbocycles. The molecule has 1 aliphatic heterocycles. The van der Waals surface area contributed by atoms with Crippen LogP contribution in [0, 0.1) is 5.82 Å². The van der Waals surface area contributed by atoms with Gasteiger partial charge in [-0.05, 0) is 31.2 Å². The summed E-state index contributed by atoms with van der Waals surface area (Å²) in [6, 6.07) is 5.81. The van der Waals surface area contributed by atoms with Crippen LogP contribution in [0.3, 0.4) is 0 Å². The van der Waals surface area contributed by atoms with Gasteiger partial charge in [0.05, 0.1) is 7.05 Å². The Morgan fingerprint density at radius 1 is 1.21 bits per heavy atom. The Kier molecular flexibility index (Phi) is 4.50. The molecule has 1 aliphatic rings. The summed E-state index contributed by atoms with van der Waals surface area (Å²) in [7, 11) is 2.18. The van der Waals surface area contributed by atoms with Crippen molar-refractivity contribution in [2.45, 2.75) is 13.0 Å². The van der Waals surface area contributed by atoms with Crippen LogP contribution in [0.25, 0.3) is 0 Å². The number of carbonyl (C=O) groups excluding carboxylic acids is 1. The Balaban J connectivity index is 1.90. The van der Waals surface area contributed by atoms with Crippen molar-refractivity contribution in [1.82, 2.24) is 0 Å². The van der Waals surface area contributed by atoms with Crippen molar-refractivity contribution in [3.63, 3.8) is 0 Å². The van der Waals surface area contributed by atoms with Gasteiger partial charge in [-0.2, -0.15) is 0 Å². The summed E-state index contributed by atoms with van der Waals surface area (Å²) in [5.41, 5.74) is 0.650. The fourth-order valence-corrected chi connectivity index (χ4v) is 2.40. The summed E-state index contributed by atoms with van der Waals surface area (Å²) in [6.07, 6.45) is 0. The molecule has 1 fully saturated rings. The number of rotatable bonds is 3. The summed E-state index contributed by atoms with van der Waals surface area (Å²) in [6.45, 7) is 6.19. The van der Waals surface area contributed by atoms with Crippen LogP contribution in [0.2, 0.25) is 0 Å². The minimum Gasteiger partial charge on any atom is -0.328 e. The Hall–Kier alpha value is -1.46. The van der Waals surface area contributed by atoms with E-state index >= 15 is 0 Å². The number of piperazine rings is 1. The third-order valence-corrected chi connectivity index (χ3v) is 3.86. The average Bonchev–Trinajstić information content (AvgIpc) is 2.41. The molecule has 0 radical (unpaired) electrons. The molecular weight excluding hydrogens is 245 g/mol. The third-order valence-electron chi connectivity index (χ3n) is 3.86. The van der Waals surface area contributed by atoms with Gasteiger partial charge in [-0.25, -0.2) is 4.39 Å². The summed E-state index contributed by atoms with van der Waals surface area (Å²) in [5.74, 6) is -0.292. The number of halogens is 1. The van der Waals surface area contributed by atoms with Gasteiger partial charge >= 0.3 is 0 Å². The number of benzene rings is 1. The zero-order chi connectivity index (χ0) is 13.8. The maximum Gasteiger partial charge on any atom is 0.282 e. The fraction of sp³-hybridized carbons (Fsp3) is 0.500. The molecule has 1 aromatic rings. The van der Waals surface area contributed by atoms with Gasteiger partial charge in [0.15, 0.2) is 6.04 Å². The Labute approximate surface area is 113 Å². The number of amides is 1. The summed E-state index contributed by atoms with van der Waals surface area (Å²) < 4.78 is 12.8. The fourth-order valence-electron chi connectivity index (χ4n) is 2.40. The number of quaternary nitrogens is 2. The van der Waals surface area contributed by atoms with E-state index in [4.69, 9.17) is 0 Å².